The lowest BCUT2D eigenvalue weighted by Gasteiger charge is -2.46. The first kappa shape index (κ1) is 31.8. The molecule has 11 atom stereocenters. The van der Waals surface area contributed by atoms with Gasteiger partial charge in [0, 0.05) is 0 Å². The van der Waals surface area contributed by atoms with E-state index >= 15 is 0 Å². The van der Waals surface area contributed by atoms with E-state index in [2.05, 4.69) is 26.8 Å². The van der Waals surface area contributed by atoms with Gasteiger partial charge in [-0.25, -0.2) is 0 Å². The molecule has 3 aliphatic rings. The first-order valence-electron chi connectivity index (χ1n) is 13.9. The highest BCUT2D eigenvalue weighted by atomic mass is 16.7. The predicted molar refractivity (Wildman–Crippen MR) is 136 cm³/mol. The molecule has 0 amide bonds. The third-order valence-electron chi connectivity index (χ3n) is 8.33. The Morgan fingerprint density at radius 1 is 0.816 bits per heavy atom. The zero-order valence-electron chi connectivity index (χ0n) is 22.7. The molecular weight excluding hydrogens is 500 g/mol. The minimum absolute atomic E-state index is 0.305. The van der Waals surface area contributed by atoms with Crippen LogP contribution in [0.2, 0.25) is 0 Å². The van der Waals surface area contributed by atoms with Crippen molar-refractivity contribution in [2.75, 3.05) is 19.8 Å². The zero-order chi connectivity index (χ0) is 28.0. The summed E-state index contributed by atoms with van der Waals surface area (Å²) in [5.41, 5.74) is 1.35. The normalized spacial score (nSPS) is 43.0. The van der Waals surface area contributed by atoms with E-state index in [4.69, 9.17) is 18.9 Å². The fourth-order valence-corrected chi connectivity index (χ4v) is 5.72. The Kier molecular flexibility index (Phi) is 12.4. The lowest BCUT2D eigenvalue weighted by molar-refractivity contribution is -0.360. The second kappa shape index (κ2) is 14.8. The van der Waals surface area contributed by atoms with E-state index in [0.717, 1.165) is 32.1 Å². The lowest BCUT2D eigenvalue weighted by Crippen LogP contribution is -2.64. The van der Waals surface area contributed by atoms with Crippen LogP contribution in [0, 0.1) is 17.8 Å². The molecule has 3 rings (SSSR count). The van der Waals surface area contributed by atoms with Crippen LogP contribution in [0.3, 0.4) is 0 Å². The summed E-state index contributed by atoms with van der Waals surface area (Å²) >= 11 is 0. The van der Waals surface area contributed by atoms with Gasteiger partial charge in [0.2, 0.25) is 0 Å². The van der Waals surface area contributed by atoms with Crippen molar-refractivity contribution in [3.8, 4) is 0 Å². The zero-order valence-corrected chi connectivity index (χ0v) is 22.7. The number of allylic oxidation sites excluding steroid dienone is 2. The number of aliphatic hydroxyl groups is 7. The fraction of sp³-hybridized carbons (Fsp3) is 0.926. The molecule has 2 heterocycles. The summed E-state index contributed by atoms with van der Waals surface area (Å²) in [4.78, 5) is 0. The van der Waals surface area contributed by atoms with Crippen LogP contribution in [0.15, 0.2) is 11.6 Å². The molecule has 0 aromatic heterocycles. The summed E-state index contributed by atoms with van der Waals surface area (Å²) in [6, 6.07) is 0. The number of ether oxygens (including phenoxy) is 4. The van der Waals surface area contributed by atoms with E-state index in [1.54, 1.807) is 0 Å². The van der Waals surface area contributed by atoms with Gasteiger partial charge in [0.1, 0.15) is 48.8 Å². The number of rotatable bonds is 11. The van der Waals surface area contributed by atoms with Crippen molar-refractivity contribution < 1.29 is 54.7 Å². The average Bonchev–Trinajstić information content (AvgIpc) is 2.90. The molecule has 222 valence electrons. The van der Waals surface area contributed by atoms with Gasteiger partial charge in [-0.05, 0) is 70.1 Å². The van der Waals surface area contributed by atoms with Gasteiger partial charge in [-0.2, -0.15) is 0 Å². The highest BCUT2D eigenvalue weighted by molar-refractivity contribution is 4.95. The number of hydrogen-bond acceptors (Lipinski definition) is 11. The van der Waals surface area contributed by atoms with E-state index in [-0.39, 0.29) is 0 Å². The van der Waals surface area contributed by atoms with Crippen LogP contribution < -0.4 is 0 Å². The van der Waals surface area contributed by atoms with Gasteiger partial charge in [-0.15, -0.1) is 0 Å². The molecule has 0 bridgehead atoms. The molecule has 11 nitrogen and oxygen atoms in total. The first-order chi connectivity index (χ1) is 18.1. The maximum atomic E-state index is 10.8. The minimum atomic E-state index is -1.70. The Morgan fingerprint density at radius 3 is 2.03 bits per heavy atom. The van der Waals surface area contributed by atoms with Crippen molar-refractivity contribution >= 4 is 0 Å². The van der Waals surface area contributed by atoms with Gasteiger partial charge in [0.15, 0.2) is 12.6 Å². The van der Waals surface area contributed by atoms with Crippen LogP contribution >= 0.6 is 0 Å². The molecule has 3 fully saturated rings. The van der Waals surface area contributed by atoms with Crippen LogP contribution in [-0.4, -0.2) is 117 Å². The summed E-state index contributed by atoms with van der Waals surface area (Å²) in [5.74, 6) is 1.66. The van der Waals surface area contributed by atoms with Gasteiger partial charge in [-0.3, -0.25) is 0 Å². The third-order valence-corrected chi connectivity index (χ3v) is 8.33. The van der Waals surface area contributed by atoms with Gasteiger partial charge in [-0.1, -0.05) is 18.6 Å². The molecular formula is C27H48O11. The molecule has 7 N–H and O–H groups in total. The Hall–Kier alpha value is -0.700. The molecule has 1 aliphatic carbocycles. The lowest BCUT2D eigenvalue weighted by atomic mass is 9.75. The van der Waals surface area contributed by atoms with Crippen molar-refractivity contribution in [2.24, 2.45) is 17.8 Å². The maximum absolute atomic E-state index is 10.8. The van der Waals surface area contributed by atoms with Crippen molar-refractivity contribution in [3.05, 3.63) is 11.6 Å². The molecule has 1 saturated carbocycles. The molecule has 0 spiro atoms. The molecule has 11 unspecified atom stereocenters. The highest BCUT2D eigenvalue weighted by Crippen LogP contribution is 2.36. The molecule has 0 aromatic rings. The maximum Gasteiger partial charge on any atom is 0.187 e. The molecule has 38 heavy (non-hydrogen) atoms. The summed E-state index contributed by atoms with van der Waals surface area (Å²) < 4.78 is 22.5. The van der Waals surface area contributed by atoms with Crippen LogP contribution in [-0.2, 0) is 18.9 Å². The summed E-state index contributed by atoms with van der Waals surface area (Å²) in [5, 5.41) is 70.9. The Morgan fingerprint density at radius 2 is 1.42 bits per heavy atom. The minimum Gasteiger partial charge on any atom is -0.394 e. The second-order valence-electron chi connectivity index (χ2n) is 11.5. The highest BCUT2D eigenvalue weighted by Gasteiger charge is 2.50. The van der Waals surface area contributed by atoms with Crippen molar-refractivity contribution in [1.29, 1.82) is 0 Å². The largest absolute Gasteiger partial charge is 0.394 e. The SMILES string of the molecule is CC(C)=CCCC(C)C1CCC(COC2OC(CO)C(OC3OC(CO)C(O)C(O)C3O)C(O)C2O)CC1. The Bertz CT molecular complexity index is 720. The molecule has 2 saturated heterocycles. The third kappa shape index (κ3) is 7.94. The van der Waals surface area contributed by atoms with E-state index in [1.807, 2.05) is 0 Å². The average molecular weight is 549 g/mol. The van der Waals surface area contributed by atoms with E-state index < -0.39 is 74.6 Å². The number of hydrogen-bond donors (Lipinski definition) is 7. The van der Waals surface area contributed by atoms with Crippen molar-refractivity contribution in [1.82, 2.24) is 0 Å². The van der Waals surface area contributed by atoms with Gasteiger partial charge < -0.3 is 54.7 Å². The standard InChI is InChI=1S/C27H48O11/c1-14(2)5-4-6-15(3)17-9-7-16(8-10-17)13-35-26-24(34)22(32)25(19(12-29)37-26)38-27-23(33)21(31)20(30)18(11-28)36-27/h5,15-34H,4,6-13H2,1-3H3. The van der Waals surface area contributed by atoms with Crippen LogP contribution in [0.1, 0.15) is 59.3 Å². The van der Waals surface area contributed by atoms with Crippen LogP contribution in [0.25, 0.3) is 0 Å². The first-order valence-corrected chi connectivity index (χ1v) is 13.9. The number of aliphatic hydroxyl groups excluding tert-OH is 7. The fourth-order valence-electron chi connectivity index (χ4n) is 5.72. The molecule has 0 aromatic carbocycles. The topological polar surface area (TPSA) is 179 Å². The van der Waals surface area contributed by atoms with Gasteiger partial charge >= 0.3 is 0 Å². The van der Waals surface area contributed by atoms with E-state index in [1.165, 1.54) is 12.0 Å². The predicted octanol–water partition coefficient (Wildman–Crippen LogP) is -0.184. The van der Waals surface area contributed by atoms with Crippen molar-refractivity contribution in [2.45, 2.75) is 121 Å². The summed E-state index contributed by atoms with van der Waals surface area (Å²) in [7, 11) is 0. The Labute approximate surface area is 225 Å². The van der Waals surface area contributed by atoms with Gasteiger partial charge in [0.05, 0.1) is 19.8 Å². The second-order valence-corrected chi connectivity index (χ2v) is 11.5. The molecule has 2 aliphatic heterocycles. The van der Waals surface area contributed by atoms with Gasteiger partial charge in [0.25, 0.3) is 0 Å². The monoisotopic (exact) mass is 548 g/mol. The molecule has 0 radical (unpaired) electrons. The van der Waals surface area contributed by atoms with E-state index in [0.29, 0.717) is 24.4 Å². The van der Waals surface area contributed by atoms with Crippen LogP contribution in [0.5, 0.6) is 0 Å². The quantitative estimate of drug-likeness (QED) is 0.170. The van der Waals surface area contributed by atoms with Crippen molar-refractivity contribution in [3.63, 3.8) is 0 Å². The van der Waals surface area contributed by atoms with Crippen LogP contribution in [0.4, 0.5) is 0 Å². The smallest absolute Gasteiger partial charge is 0.187 e. The molecule has 11 heteroatoms. The summed E-state index contributed by atoms with van der Waals surface area (Å²) in [6.45, 7) is 5.69. The Balaban J connectivity index is 1.49. The summed E-state index contributed by atoms with van der Waals surface area (Å²) in [6.07, 6.45) is -5.54. The van der Waals surface area contributed by atoms with E-state index in [9.17, 15) is 35.7 Å².